The maximum absolute atomic E-state index is 13.2. The maximum Gasteiger partial charge on any atom is 0.256 e. The molecule has 1 atom stereocenters. The van der Waals surface area contributed by atoms with E-state index in [-0.39, 0.29) is 17.6 Å². The lowest BCUT2D eigenvalue weighted by molar-refractivity contribution is 0.0513. The van der Waals surface area contributed by atoms with Gasteiger partial charge in [0, 0.05) is 43.2 Å². The Kier molecular flexibility index (Phi) is 5.50. The van der Waals surface area contributed by atoms with E-state index >= 15 is 0 Å². The number of hydrogen-bond acceptors (Lipinski definition) is 4. The van der Waals surface area contributed by atoms with Crippen LogP contribution in [0.4, 0.5) is 0 Å². The predicted octanol–water partition coefficient (Wildman–Crippen LogP) is 1.71. The quantitative estimate of drug-likeness (QED) is 0.867. The lowest BCUT2D eigenvalue weighted by Crippen LogP contribution is -2.41. The van der Waals surface area contributed by atoms with Gasteiger partial charge in [0.2, 0.25) is 0 Å². The monoisotopic (exact) mass is 343 g/mol. The number of carbonyl (C=O) groups is 1. The zero-order chi connectivity index (χ0) is 17.8. The van der Waals surface area contributed by atoms with Crippen molar-refractivity contribution in [2.45, 2.75) is 18.9 Å². The topological polar surface area (TPSA) is 65.6 Å². The Morgan fingerprint density at radius 2 is 2.00 bits per heavy atom. The Hall–Kier alpha value is -2.18. The predicted molar refractivity (Wildman–Crippen MR) is 98.0 cm³/mol. The Balaban J connectivity index is 1.90. The van der Waals surface area contributed by atoms with Crippen molar-refractivity contribution in [2.24, 2.45) is 0 Å². The fourth-order valence-electron chi connectivity index (χ4n) is 3.19. The molecule has 1 aliphatic rings. The van der Waals surface area contributed by atoms with Gasteiger partial charge in [0.25, 0.3) is 11.5 Å². The summed E-state index contributed by atoms with van der Waals surface area (Å²) < 4.78 is 5.72. The molecule has 1 aromatic heterocycles. The number of aromatic nitrogens is 1. The Labute approximate surface area is 147 Å². The minimum absolute atomic E-state index is 0.0650. The van der Waals surface area contributed by atoms with Gasteiger partial charge in [-0.25, -0.2) is 0 Å². The van der Waals surface area contributed by atoms with E-state index in [1.54, 1.807) is 6.07 Å². The van der Waals surface area contributed by atoms with Gasteiger partial charge in [-0.1, -0.05) is 18.2 Å². The summed E-state index contributed by atoms with van der Waals surface area (Å²) in [6.07, 6.45) is 3.66. The molecule has 0 aliphatic carbocycles. The van der Waals surface area contributed by atoms with Crippen LogP contribution < -0.4 is 5.56 Å². The molecule has 3 rings (SSSR count). The summed E-state index contributed by atoms with van der Waals surface area (Å²) in [5.74, 6) is -0.0650. The van der Waals surface area contributed by atoms with Gasteiger partial charge < -0.3 is 19.5 Å². The van der Waals surface area contributed by atoms with Crippen LogP contribution in [-0.4, -0.2) is 67.1 Å². The van der Waals surface area contributed by atoms with Gasteiger partial charge >= 0.3 is 0 Å². The number of ether oxygens (including phenoxy) is 1. The molecule has 25 heavy (non-hydrogen) atoms. The number of fused-ring (bicyclic) bond motifs is 1. The third kappa shape index (κ3) is 4.08. The SMILES string of the molecule is CN(C)CCN(C[C@H]1CCCO1)C(=O)c1c[nH]c(=O)c2ccccc12. The first-order valence-corrected chi connectivity index (χ1v) is 8.72. The highest BCUT2D eigenvalue weighted by molar-refractivity contribution is 6.06. The molecule has 1 N–H and O–H groups in total. The minimum Gasteiger partial charge on any atom is -0.376 e. The zero-order valence-electron chi connectivity index (χ0n) is 14.8. The van der Waals surface area contributed by atoms with Crippen molar-refractivity contribution in [1.29, 1.82) is 0 Å². The number of hydrogen-bond donors (Lipinski definition) is 1. The second kappa shape index (κ2) is 7.80. The van der Waals surface area contributed by atoms with E-state index in [0.717, 1.165) is 26.0 Å². The third-order valence-corrected chi connectivity index (χ3v) is 4.59. The number of H-pyrrole nitrogens is 1. The van der Waals surface area contributed by atoms with E-state index < -0.39 is 0 Å². The summed E-state index contributed by atoms with van der Waals surface area (Å²) >= 11 is 0. The molecule has 1 fully saturated rings. The number of nitrogens with zero attached hydrogens (tertiary/aromatic N) is 2. The molecular formula is C19H25N3O3. The van der Waals surface area contributed by atoms with Crippen LogP contribution >= 0.6 is 0 Å². The fraction of sp³-hybridized carbons (Fsp3) is 0.474. The number of likely N-dealkylation sites (N-methyl/N-ethyl adjacent to an activating group) is 1. The van der Waals surface area contributed by atoms with E-state index in [0.29, 0.717) is 29.4 Å². The summed E-state index contributed by atoms with van der Waals surface area (Å²) in [7, 11) is 3.98. The van der Waals surface area contributed by atoms with Gasteiger partial charge in [-0.05, 0) is 33.0 Å². The molecule has 0 radical (unpaired) electrons. The summed E-state index contributed by atoms with van der Waals surface area (Å²) in [4.78, 5) is 31.8. The molecule has 2 aromatic rings. The molecule has 6 heteroatoms. The second-order valence-corrected chi connectivity index (χ2v) is 6.77. The number of benzene rings is 1. The molecule has 1 aromatic carbocycles. The van der Waals surface area contributed by atoms with E-state index in [1.165, 1.54) is 6.20 Å². The van der Waals surface area contributed by atoms with E-state index in [9.17, 15) is 9.59 Å². The van der Waals surface area contributed by atoms with Crippen LogP contribution in [-0.2, 0) is 4.74 Å². The molecule has 1 aliphatic heterocycles. The highest BCUT2D eigenvalue weighted by atomic mass is 16.5. The Bertz CT molecular complexity index is 794. The molecule has 0 bridgehead atoms. The summed E-state index contributed by atoms with van der Waals surface area (Å²) in [5.41, 5.74) is 0.359. The first-order valence-electron chi connectivity index (χ1n) is 8.72. The standard InChI is InChI=1S/C19H25N3O3/c1-21(2)9-10-22(13-14-6-5-11-25-14)19(24)17-12-20-18(23)16-8-4-3-7-15(16)17/h3-4,7-8,12,14H,5-6,9-11,13H2,1-2H3,(H,20,23)/t14-/m1/s1. The molecule has 0 unspecified atom stereocenters. The van der Waals surface area contributed by atoms with E-state index in [2.05, 4.69) is 9.88 Å². The Morgan fingerprint density at radius 3 is 2.68 bits per heavy atom. The van der Waals surface area contributed by atoms with Crippen LogP contribution in [0.5, 0.6) is 0 Å². The van der Waals surface area contributed by atoms with E-state index in [1.807, 2.05) is 37.2 Å². The van der Waals surface area contributed by atoms with E-state index in [4.69, 9.17) is 4.74 Å². The van der Waals surface area contributed by atoms with Gasteiger partial charge in [-0.3, -0.25) is 9.59 Å². The van der Waals surface area contributed by atoms with Crippen molar-refractivity contribution in [3.8, 4) is 0 Å². The molecule has 134 valence electrons. The molecule has 0 saturated carbocycles. The van der Waals surface area contributed by atoms with Crippen molar-refractivity contribution in [1.82, 2.24) is 14.8 Å². The van der Waals surface area contributed by atoms with Crippen LogP contribution in [0.25, 0.3) is 10.8 Å². The van der Waals surface area contributed by atoms with Gasteiger partial charge in [0.1, 0.15) is 0 Å². The zero-order valence-corrected chi connectivity index (χ0v) is 14.8. The smallest absolute Gasteiger partial charge is 0.256 e. The maximum atomic E-state index is 13.2. The Morgan fingerprint density at radius 1 is 1.24 bits per heavy atom. The van der Waals surface area contributed by atoms with Crippen LogP contribution in [0.2, 0.25) is 0 Å². The minimum atomic E-state index is -0.175. The molecule has 2 heterocycles. The average molecular weight is 343 g/mol. The number of rotatable bonds is 6. The lowest BCUT2D eigenvalue weighted by atomic mass is 10.1. The average Bonchev–Trinajstić information content (AvgIpc) is 3.11. The van der Waals surface area contributed by atoms with Gasteiger partial charge in [-0.15, -0.1) is 0 Å². The number of carbonyl (C=O) groups excluding carboxylic acids is 1. The van der Waals surface area contributed by atoms with Crippen molar-refractivity contribution in [2.75, 3.05) is 40.3 Å². The van der Waals surface area contributed by atoms with Crippen molar-refractivity contribution in [3.63, 3.8) is 0 Å². The van der Waals surface area contributed by atoms with Crippen LogP contribution in [0, 0.1) is 0 Å². The third-order valence-electron chi connectivity index (χ3n) is 4.59. The summed E-state index contributed by atoms with van der Waals surface area (Å²) in [5, 5.41) is 1.23. The second-order valence-electron chi connectivity index (χ2n) is 6.77. The van der Waals surface area contributed by atoms with Crippen molar-refractivity contribution < 1.29 is 9.53 Å². The van der Waals surface area contributed by atoms with Gasteiger partial charge in [-0.2, -0.15) is 0 Å². The van der Waals surface area contributed by atoms with Crippen LogP contribution in [0.15, 0.2) is 35.3 Å². The highest BCUT2D eigenvalue weighted by Gasteiger charge is 2.24. The van der Waals surface area contributed by atoms with Crippen molar-refractivity contribution >= 4 is 16.7 Å². The largest absolute Gasteiger partial charge is 0.376 e. The normalized spacial score (nSPS) is 17.3. The van der Waals surface area contributed by atoms with Crippen LogP contribution in [0.3, 0.4) is 0 Å². The number of nitrogens with one attached hydrogen (secondary N) is 1. The molecule has 6 nitrogen and oxygen atoms in total. The number of aromatic amines is 1. The van der Waals surface area contributed by atoms with Crippen molar-refractivity contribution in [3.05, 3.63) is 46.4 Å². The van der Waals surface area contributed by atoms with Gasteiger partial charge in [0.05, 0.1) is 11.7 Å². The molecule has 1 saturated heterocycles. The lowest BCUT2D eigenvalue weighted by Gasteiger charge is -2.27. The number of amides is 1. The molecule has 0 spiro atoms. The highest BCUT2D eigenvalue weighted by Crippen LogP contribution is 2.19. The van der Waals surface area contributed by atoms with Gasteiger partial charge in [0.15, 0.2) is 0 Å². The van der Waals surface area contributed by atoms with Crippen LogP contribution in [0.1, 0.15) is 23.2 Å². The number of pyridine rings is 1. The first kappa shape index (κ1) is 17.6. The summed E-state index contributed by atoms with van der Waals surface area (Å²) in [6, 6.07) is 7.23. The fourth-order valence-corrected chi connectivity index (χ4v) is 3.19. The summed E-state index contributed by atoms with van der Waals surface area (Å²) in [6.45, 7) is 2.75. The first-order chi connectivity index (χ1) is 12.1. The molecular weight excluding hydrogens is 318 g/mol. The molecule has 1 amide bonds.